The van der Waals surface area contributed by atoms with Gasteiger partial charge in [0.1, 0.15) is 0 Å². The maximum Gasteiger partial charge on any atom is 0.0583 e. The van der Waals surface area contributed by atoms with Gasteiger partial charge in [-0.15, -0.1) is 47.0 Å². The van der Waals surface area contributed by atoms with E-state index in [0.717, 1.165) is 0 Å². The molecule has 0 atom stereocenters. The van der Waals surface area contributed by atoms with E-state index in [1.807, 2.05) is 0 Å². The van der Waals surface area contributed by atoms with Gasteiger partial charge in [0.2, 0.25) is 0 Å². The van der Waals surface area contributed by atoms with Gasteiger partial charge in [-0.3, -0.25) is 0 Å². The first-order valence-electron chi connectivity index (χ1n) is 21.9. The Morgan fingerprint density at radius 2 is 0.474 bits per heavy atom. The molecule has 0 aromatic heterocycles. The maximum absolute atomic E-state index is 2.68. The Labute approximate surface area is 373 Å². The Morgan fingerprint density at radius 1 is 0.281 bits per heavy atom. The van der Waals surface area contributed by atoms with Crippen LogP contribution in [0.2, 0.25) is 101 Å². The van der Waals surface area contributed by atoms with E-state index in [1.165, 1.54) is 90.9 Å². The molecule has 0 amide bonds. The number of benzene rings is 4. The molecule has 0 bridgehead atoms. The van der Waals surface area contributed by atoms with Crippen molar-refractivity contribution < 1.29 is 0 Å². The summed E-state index contributed by atoms with van der Waals surface area (Å²) in [6.07, 6.45) is 5.95. The standard InChI is InChI=1S/C48H76S4Si5/c1-53(2,41-49-45-25-13-9-14-26-45)33-21-37-57(38-22-34-54(3,4)42-50-46-27-15-10-16-28-46,39-23-35-55(5,6)43-51-47-29-17-11-18-30-47)40-24-36-56(7,8)44-52-48-31-19-12-20-32-48/h9-20,25-32H,21-24,33-44H2,1-8H3. The van der Waals surface area contributed by atoms with Crippen LogP contribution in [0.3, 0.4) is 0 Å². The summed E-state index contributed by atoms with van der Waals surface area (Å²) in [6, 6.07) is 57.0. The van der Waals surface area contributed by atoms with E-state index in [2.05, 4.69) is 221 Å². The largest absolute Gasteiger partial charge is 0.129 e. The van der Waals surface area contributed by atoms with Crippen molar-refractivity contribution in [1.82, 2.24) is 0 Å². The van der Waals surface area contributed by atoms with Crippen LogP contribution in [-0.2, 0) is 0 Å². The van der Waals surface area contributed by atoms with E-state index in [0.29, 0.717) is 0 Å². The van der Waals surface area contributed by atoms with Gasteiger partial charge in [-0.25, -0.2) is 0 Å². The molecular formula is C48H76S4Si5. The van der Waals surface area contributed by atoms with Crippen LogP contribution in [0.4, 0.5) is 0 Å². The van der Waals surface area contributed by atoms with E-state index < -0.39 is 40.4 Å². The molecule has 0 N–H and O–H groups in total. The third-order valence-corrected chi connectivity index (χ3v) is 41.5. The second kappa shape index (κ2) is 24.7. The average Bonchev–Trinajstić information content (AvgIpc) is 3.19. The van der Waals surface area contributed by atoms with Crippen LogP contribution in [0.1, 0.15) is 25.7 Å². The molecule has 0 radical (unpaired) electrons. The molecule has 9 heteroatoms. The number of thioether (sulfide) groups is 4. The Balaban J connectivity index is 1.47. The highest BCUT2D eigenvalue weighted by Gasteiger charge is 2.35. The van der Waals surface area contributed by atoms with Gasteiger partial charge in [0.25, 0.3) is 0 Å². The summed E-state index contributed by atoms with van der Waals surface area (Å²) in [6.45, 7) is 21.5. The summed E-state index contributed by atoms with van der Waals surface area (Å²) in [5, 5.41) is 5.40. The highest BCUT2D eigenvalue weighted by atomic mass is 32.2. The molecule has 4 rings (SSSR count). The Hall–Kier alpha value is -0.636. The van der Waals surface area contributed by atoms with E-state index >= 15 is 0 Å². The van der Waals surface area contributed by atoms with Gasteiger partial charge in [0.15, 0.2) is 0 Å². The normalized spacial score (nSPS) is 12.9. The molecule has 0 saturated heterocycles. The first-order valence-corrected chi connectivity index (χ1v) is 42.3. The minimum absolute atomic E-state index is 1.30. The molecule has 4 aromatic rings. The molecule has 0 heterocycles. The van der Waals surface area contributed by atoms with E-state index in [4.69, 9.17) is 0 Å². The van der Waals surface area contributed by atoms with Crippen LogP contribution in [0, 0.1) is 0 Å². The summed E-state index contributed by atoms with van der Waals surface area (Å²) in [7, 11) is -6.68. The van der Waals surface area contributed by atoms with Crippen LogP contribution in [-0.4, -0.2) is 61.9 Å². The monoisotopic (exact) mass is 920 g/mol. The van der Waals surface area contributed by atoms with Crippen molar-refractivity contribution in [2.24, 2.45) is 0 Å². The summed E-state index contributed by atoms with van der Waals surface area (Å²) in [5.41, 5.74) is 0. The van der Waals surface area contributed by atoms with Gasteiger partial charge in [-0.05, 0) is 70.0 Å². The highest BCUT2D eigenvalue weighted by molar-refractivity contribution is 8.01. The van der Waals surface area contributed by atoms with Crippen molar-refractivity contribution in [3.63, 3.8) is 0 Å². The van der Waals surface area contributed by atoms with Gasteiger partial charge >= 0.3 is 0 Å². The van der Waals surface area contributed by atoms with E-state index in [1.54, 1.807) is 24.2 Å². The fourth-order valence-corrected chi connectivity index (χ4v) is 31.8. The minimum Gasteiger partial charge on any atom is -0.129 e. The zero-order chi connectivity index (χ0) is 41.1. The van der Waals surface area contributed by atoms with Crippen LogP contribution in [0.5, 0.6) is 0 Å². The molecule has 0 fully saturated rings. The molecule has 0 saturated carbocycles. The zero-order valence-corrected chi connectivity index (χ0v) is 45.3. The van der Waals surface area contributed by atoms with Crippen molar-refractivity contribution in [1.29, 1.82) is 0 Å². The van der Waals surface area contributed by atoms with Gasteiger partial charge in [-0.2, -0.15) is 0 Å². The second-order valence-electron chi connectivity index (χ2n) is 20.0. The van der Waals surface area contributed by atoms with Crippen molar-refractivity contribution in [3.8, 4) is 0 Å². The van der Waals surface area contributed by atoms with Gasteiger partial charge in [0.05, 0.1) is 40.4 Å². The lowest BCUT2D eigenvalue weighted by Gasteiger charge is -2.36. The topological polar surface area (TPSA) is 0 Å². The van der Waals surface area contributed by atoms with E-state index in [-0.39, 0.29) is 0 Å². The molecule has 4 aromatic carbocycles. The Morgan fingerprint density at radius 3 is 0.667 bits per heavy atom. The smallest absolute Gasteiger partial charge is 0.0583 e. The van der Waals surface area contributed by atoms with Crippen LogP contribution in [0.15, 0.2) is 141 Å². The third kappa shape index (κ3) is 20.7. The molecular weight excluding hydrogens is 845 g/mol. The molecule has 57 heavy (non-hydrogen) atoms. The lowest BCUT2D eigenvalue weighted by molar-refractivity contribution is 0.862. The molecule has 0 aliphatic rings. The van der Waals surface area contributed by atoms with E-state index in [9.17, 15) is 0 Å². The van der Waals surface area contributed by atoms with Crippen molar-refractivity contribution in [3.05, 3.63) is 121 Å². The van der Waals surface area contributed by atoms with Gasteiger partial charge in [0, 0.05) is 19.6 Å². The van der Waals surface area contributed by atoms with Crippen LogP contribution >= 0.6 is 47.0 Å². The lowest BCUT2D eigenvalue weighted by atomic mass is 10.4. The summed E-state index contributed by atoms with van der Waals surface area (Å²) < 4.78 is 0. The van der Waals surface area contributed by atoms with Gasteiger partial charge < -0.3 is 0 Å². The van der Waals surface area contributed by atoms with Crippen molar-refractivity contribution in [2.45, 2.75) is 146 Å². The molecule has 0 spiro atoms. The summed E-state index contributed by atoms with van der Waals surface area (Å²) in [5.74, 6) is 0. The fraction of sp³-hybridized carbons (Fsp3) is 0.500. The van der Waals surface area contributed by atoms with Crippen LogP contribution in [0.25, 0.3) is 0 Å². The SMILES string of the molecule is C[Si](C)(CCC[Si](CCC[Si](C)(C)CSc1ccccc1)(CCC[Si](C)(C)CSc1ccccc1)CCC[Si](C)(C)CSc1ccccc1)CSc1ccccc1. The minimum atomic E-state index is -1.48. The fourth-order valence-electron chi connectivity index (χ4n) is 7.99. The number of hydrogen-bond donors (Lipinski definition) is 0. The summed E-state index contributed by atoms with van der Waals surface area (Å²) >= 11 is 8.50. The first-order chi connectivity index (χ1) is 27.1. The average molecular weight is 922 g/mol. The van der Waals surface area contributed by atoms with Crippen molar-refractivity contribution >= 4 is 87.4 Å². The predicted octanol–water partition coefficient (Wildman–Crippen LogP) is 17.2. The number of rotatable bonds is 28. The van der Waals surface area contributed by atoms with Gasteiger partial charge in [-0.1, -0.05) is 199 Å². The Kier molecular flexibility index (Phi) is 21.3. The Bertz CT molecular complexity index is 1400. The maximum atomic E-state index is 2.68. The lowest BCUT2D eigenvalue weighted by Crippen LogP contribution is -2.39. The third-order valence-electron chi connectivity index (χ3n) is 11.7. The zero-order valence-electron chi connectivity index (χ0n) is 37.0. The summed E-state index contributed by atoms with van der Waals surface area (Å²) in [4.78, 5) is 5.81. The molecule has 0 aliphatic carbocycles. The molecule has 312 valence electrons. The van der Waals surface area contributed by atoms with Crippen molar-refractivity contribution in [2.75, 3.05) is 21.5 Å². The first kappa shape index (κ1) is 49.0. The second-order valence-corrected chi connectivity index (χ2v) is 52.0. The highest BCUT2D eigenvalue weighted by Crippen LogP contribution is 2.39. The molecule has 0 nitrogen and oxygen atoms in total. The predicted molar refractivity (Wildman–Crippen MR) is 281 cm³/mol. The molecule has 0 aliphatic heterocycles. The quantitative estimate of drug-likeness (QED) is 0.0411. The number of hydrogen-bond acceptors (Lipinski definition) is 4. The molecule has 0 unspecified atom stereocenters. The van der Waals surface area contributed by atoms with Crippen LogP contribution < -0.4 is 0 Å².